The number of oxazole rings is 1. The summed E-state index contributed by atoms with van der Waals surface area (Å²) in [5, 5.41) is 10.7. The van der Waals surface area contributed by atoms with Crippen LogP contribution in [-0.4, -0.2) is 21.6 Å². The van der Waals surface area contributed by atoms with Gasteiger partial charge >= 0.3 is 11.7 Å². The Morgan fingerprint density at radius 1 is 1.50 bits per heavy atom. The molecule has 0 spiro atoms. The summed E-state index contributed by atoms with van der Waals surface area (Å²) in [5.41, 5.74) is 0.173. The molecule has 0 saturated carbocycles. The van der Waals surface area contributed by atoms with E-state index in [0.717, 1.165) is 4.57 Å². The molecule has 0 amide bonds. The predicted octanol–water partition coefficient (Wildman–Crippen LogP) is 1.45. The van der Waals surface area contributed by atoms with Crippen LogP contribution >= 0.6 is 0 Å². The fourth-order valence-electron chi connectivity index (χ4n) is 1.74. The smallest absolute Gasteiger partial charge is 0.420 e. The van der Waals surface area contributed by atoms with Gasteiger partial charge in [0.1, 0.15) is 6.54 Å². The molecule has 0 bridgehead atoms. The Labute approximate surface area is 112 Å². The van der Waals surface area contributed by atoms with Crippen molar-refractivity contribution in [1.29, 1.82) is 0 Å². The molecule has 2 rings (SSSR count). The maximum atomic E-state index is 11.7. The zero-order valence-electron chi connectivity index (χ0n) is 10.9. The first kappa shape index (κ1) is 13.8. The molecule has 0 fully saturated rings. The summed E-state index contributed by atoms with van der Waals surface area (Å²) in [6.45, 7) is 3.00. The number of carbonyl (C=O) groups is 1. The Bertz CT molecular complexity index is 727. The molecule has 2 aromatic rings. The number of benzene rings is 1. The largest absolute Gasteiger partial charge is 0.462 e. The van der Waals surface area contributed by atoms with Crippen molar-refractivity contribution in [3.63, 3.8) is 0 Å². The fraction of sp³-hybridized carbons (Fsp3) is 0.333. The molecule has 8 nitrogen and oxygen atoms in total. The molecule has 0 aliphatic carbocycles. The van der Waals surface area contributed by atoms with Crippen LogP contribution in [0.3, 0.4) is 0 Å². The summed E-state index contributed by atoms with van der Waals surface area (Å²) in [7, 11) is 0. The molecule has 0 aliphatic rings. The zero-order valence-corrected chi connectivity index (χ0v) is 10.9. The molecule has 20 heavy (non-hydrogen) atoms. The van der Waals surface area contributed by atoms with E-state index in [1.165, 1.54) is 18.2 Å². The number of nitro groups is 1. The van der Waals surface area contributed by atoms with E-state index in [-0.39, 0.29) is 29.4 Å². The SMILES string of the molecule is CC(C)OC(=O)Cn1c(=O)oc2ccc([N+](=O)[O-])cc21. The highest BCUT2D eigenvalue weighted by atomic mass is 16.6. The first-order valence-electron chi connectivity index (χ1n) is 5.85. The van der Waals surface area contributed by atoms with Gasteiger partial charge < -0.3 is 9.15 Å². The topological polar surface area (TPSA) is 105 Å². The molecule has 1 heterocycles. The predicted molar refractivity (Wildman–Crippen MR) is 68.4 cm³/mol. The molecule has 0 saturated heterocycles. The fourth-order valence-corrected chi connectivity index (χ4v) is 1.74. The summed E-state index contributed by atoms with van der Waals surface area (Å²) >= 11 is 0. The van der Waals surface area contributed by atoms with Crippen LogP contribution in [0.2, 0.25) is 0 Å². The standard InChI is InChI=1S/C12H12N2O6/c1-7(2)19-11(15)6-13-9-5-8(14(17)18)3-4-10(9)20-12(13)16/h3-5,7H,6H2,1-2H3. The maximum Gasteiger partial charge on any atom is 0.420 e. The van der Waals surface area contributed by atoms with Gasteiger partial charge in [0.15, 0.2) is 5.58 Å². The lowest BCUT2D eigenvalue weighted by Crippen LogP contribution is -2.23. The van der Waals surface area contributed by atoms with Gasteiger partial charge in [0.05, 0.1) is 16.5 Å². The van der Waals surface area contributed by atoms with Gasteiger partial charge in [-0.05, 0) is 19.9 Å². The second-order valence-corrected chi connectivity index (χ2v) is 4.40. The van der Waals surface area contributed by atoms with Gasteiger partial charge in [-0.2, -0.15) is 0 Å². The van der Waals surface area contributed by atoms with E-state index in [1.54, 1.807) is 13.8 Å². The number of hydrogen-bond donors (Lipinski definition) is 0. The van der Waals surface area contributed by atoms with Gasteiger partial charge in [0.2, 0.25) is 0 Å². The number of hydrogen-bond acceptors (Lipinski definition) is 6. The maximum absolute atomic E-state index is 11.7. The second-order valence-electron chi connectivity index (χ2n) is 4.40. The highest BCUT2D eigenvalue weighted by molar-refractivity contribution is 5.78. The van der Waals surface area contributed by atoms with Gasteiger partial charge in [0, 0.05) is 12.1 Å². The van der Waals surface area contributed by atoms with E-state index in [2.05, 4.69) is 0 Å². The number of carbonyl (C=O) groups excluding carboxylic acids is 1. The number of nitro benzene ring substituents is 1. The van der Waals surface area contributed by atoms with Gasteiger partial charge in [-0.3, -0.25) is 19.5 Å². The molecule has 1 aromatic carbocycles. The van der Waals surface area contributed by atoms with Crippen molar-refractivity contribution >= 4 is 22.8 Å². The summed E-state index contributed by atoms with van der Waals surface area (Å²) in [4.78, 5) is 33.4. The normalized spacial score (nSPS) is 10.9. The van der Waals surface area contributed by atoms with Crippen LogP contribution < -0.4 is 5.76 Å². The van der Waals surface area contributed by atoms with Crippen molar-refractivity contribution in [1.82, 2.24) is 4.57 Å². The molecule has 0 unspecified atom stereocenters. The van der Waals surface area contributed by atoms with Gasteiger partial charge in [-0.25, -0.2) is 4.79 Å². The van der Waals surface area contributed by atoms with Crippen molar-refractivity contribution < 1.29 is 18.9 Å². The van der Waals surface area contributed by atoms with Crippen molar-refractivity contribution in [2.24, 2.45) is 0 Å². The zero-order chi connectivity index (χ0) is 14.9. The third-order valence-corrected chi connectivity index (χ3v) is 2.52. The van der Waals surface area contributed by atoms with Crippen LogP contribution in [0.4, 0.5) is 5.69 Å². The Balaban J connectivity index is 2.44. The minimum Gasteiger partial charge on any atom is -0.462 e. The van der Waals surface area contributed by atoms with Crippen LogP contribution in [0.5, 0.6) is 0 Å². The van der Waals surface area contributed by atoms with E-state index in [9.17, 15) is 19.7 Å². The molecule has 0 N–H and O–H groups in total. The molecule has 0 atom stereocenters. The van der Waals surface area contributed by atoms with E-state index in [0.29, 0.717) is 0 Å². The first-order chi connectivity index (χ1) is 9.38. The third-order valence-electron chi connectivity index (χ3n) is 2.52. The highest BCUT2D eigenvalue weighted by Gasteiger charge is 2.17. The van der Waals surface area contributed by atoms with Crippen molar-refractivity contribution in [2.45, 2.75) is 26.5 Å². The first-order valence-corrected chi connectivity index (χ1v) is 5.85. The summed E-state index contributed by atoms with van der Waals surface area (Å²) in [6, 6.07) is 3.73. The number of rotatable bonds is 4. The molecule has 0 aliphatic heterocycles. The second kappa shape index (κ2) is 5.16. The minimum atomic E-state index is -0.763. The van der Waals surface area contributed by atoms with Gasteiger partial charge in [-0.15, -0.1) is 0 Å². The Kier molecular flexibility index (Phi) is 3.55. The van der Waals surface area contributed by atoms with Crippen molar-refractivity contribution in [3.05, 3.63) is 38.9 Å². The lowest BCUT2D eigenvalue weighted by molar-refractivity contribution is -0.384. The summed E-state index contributed by atoms with van der Waals surface area (Å²) in [5.74, 6) is -1.38. The van der Waals surface area contributed by atoms with Gasteiger partial charge in [0.25, 0.3) is 5.69 Å². The van der Waals surface area contributed by atoms with E-state index >= 15 is 0 Å². The van der Waals surface area contributed by atoms with Crippen LogP contribution in [0.15, 0.2) is 27.4 Å². The number of esters is 1. The monoisotopic (exact) mass is 280 g/mol. The van der Waals surface area contributed by atoms with Crippen LogP contribution in [0.1, 0.15) is 13.8 Å². The van der Waals surface area contributed by atoms with Gasteiger partial charge in [-0.1, -0.05) is 0 Å². The van der Waals surface area contributed by atoms with E-state index in [4.69, 9.17) is 9.15 Å². The molecular weight excluding hydrogens is 268 g/mol. The Morgan fingerprint density at radius 2 is 2.20 bits per heavy atom. The highest BCUT2D eigenvalue weighted by Crippen LogP contribution is 2.20. The molecular formula is C12H12N2O6. The Morgan fingerprint density at radius 3 is 2.80 bits per heavy atom. The number of ether oxygens (including phenoxy) is 1. The average molecular weight is 280 g/mol. The lowest BCUT2D eigenvalue weighted by Gasteiger charge is -2.07. The summed E-state index contributed by atoms with van der Waals surface area (Å²) < 4.78 is 10.9. The minimum absolute atomic E-state index is 0.179. The summed E-state index contributed by atoms with van der Waals surface area (Å²) in [6.07, 6.45) is -0.314. The lowest BCUT2D eigenvalue weighted by atomic mass is 10.3. The van der Waals surface area contributed by atoms with Crippen LogP contribution in [-0.2, 0) is 16.1 Å². The van der Waals surface area contributed by atoms with Crippen LogP contribution in [0, 0.1) is 10.1 Å². The number of fused-ring (bicyclic) bond motifs is 1. The number of nitrogens with zero attached hydrogens (tertiary/aromatic N) is 2. The number of aromatic nitrogens is 1. The molecule has 0 radical (unpaired) electrons. The molecule has 8 heteroatoms. The van der Waals surface area contributed by atoms with Crippen molar-refractivity contribution in [2.75, 3.05) is 0 Å². The quantitative estimate of drug-likeness (QED) is 0.477. The third kappa shape index (κ3) is 2.68. The van der Waals surface area contributed by atoms with Crippen LogP contribution in [0.25, 0.3) is 11.1 Å². The number of non-ortho nitro benzene ring substituents is 1. The molecule has 106 valence electrons. The molecule has 1 aromatic heterocycles. The Hall–Kier alpha value is -2.64. The van der Waals surface area contributed by atoms with E-state index in [1.807, 2.05) is 0 Å². The van der Waals surface area contributed by atoms with E-state index < -0.39 is 16.6 Å². The average Bonchev–Trinajstić information content (AvgIpc) is 2.64. The van der Waals surface area contributed by atoms with Crippen molar-refractivity contribution in [3.8, 4) is 0 Å².